The van der Waals surface area contributed by atoms with Crippen LogP contribution in [0.3, 0.4) is 0 Å². The van der Waals surface area contributed by atoms with E-state index < -0.39 is 5.60 Å². The van der Waals surface area contributed by atoms with E-state index in [0.717, 1.165) is 19.5 Å². The van der Waals surface area contributed by atoms with Gasteiger partial charge in [0.05, 0.1) is 0 Å². The molecule has 1 unspecified atom stereocenters. The van der Waals surface area contributed by atoms with Crippen molar-refractivity contribution in [2.75, 3.05) is 13.1 Å². The molecule has 15 heavy (non-hydrogen) atoms. The van der Waals surface area contributed by atoms with Gasteiger partial charge in [0, 0.05) is 12.6 Å². The molecule has 1 saturated heterocycles. The van der Waals surface area contributed by atoms with E-state index in [0.29, 0.717) is 5.92 Å². The van der Waals surface area contributed by atoms with Gasteiger partial charge in [-0.3, -0.25) is 0 Å². The van der Waals surface area contributed by atoms with Gasteiger partial charge in [-0.2, -0.15) is 0 Å². The van der Waals surface area contributed by atoms with Crippen LogP contribution in [0.1, 0.15) is 33.6 Å². The molecule has 1 atom stereocenters. The lowest BCUT2D eigenvalue weighted by Gasteiger charge is -2.20. The molecule has 0 aromatic heterocycles. The van der Waals surface area contributed by atoms with Gasteiger partial charge in [0.2, 0.25) is 0 Å². The fraction of sp³-hybridized carbons (Fsp3) is 0.750. The van der Waals surface area contributed by atoms with Crippen LogP contribution in [-0.4, -0.2) is 24.7 Å². The van der Waals surface area contributed by atoms with E-state index >= 15 is 0 Å². The Morgan fingerprint density at radius 2 is 2.20 bits per heavy atom. The summed E-state index contributed by atoms with van der Waals surface area (Å²) in [6.07, 6.45) is 5.86. The topological polar surface area (TPSA) is 38.3 Å². The van der Waals surface area contributed by atoms with Gasteiger partial charge < -0.3 is 10.1 Å². The minimum Gasteiger partial charge on any atom is -0.457 e. The van der Waals surface area contributed by atoms with Crippen molar-refractivity contribution in [3.05, 3.63) is 12.2 Å². The maximum atomic E-state index is 11.4. The number of carbonyl (C=O) groups excluding carboxylic acids is 1. The third-order valence-corrected chi connectivity index (χ3v) is 2.25. The summed E-state index contributed by atoms with van der Waals surface area (Å²) < 4.78 is 5.18. The number of esters is 1. The maximum Gasteiger partial charge on any atom is 0.330 e. The number of hydrogen-bond acceptors (Lipinski definition) is 3. The second kappa shape index (κ2) is 5.31. The van der Waals surface area contributed by atoms with E-state index in [4.69, 9.17) is 4.74 Å². The Morgan fingerprint density at radius 3 is 2.73 bits per heavy atom. The first-order valence-corrected chi connectivity index (χ1v) is 5.59. The number of carbonyl (C=O) groups is 1. The smallest absolute Gasteiger partial charge is 0.330 e. The van der Waals surface area contributed by atoms with Gasteiger partial charge in [0.25, 0.3) is 0 Å². The monoisotopic (exact) mass is 211 g/mol. The molecule has 0 aromatic rings. The average Bonchev–Trinajstić information content (AvgIpc) is 2.14. The van der Waals surface area contributed by atoms with Gasteiger partial charge >= 0.3 is 5.97 Å². The van der Waals surface area contributed by atoms with E-state index in [9.17, 15) is 4.79 Å². The highest BCUT2D eigenvalue weighted by atomic mass is 16.6. The highest BCUT2D eigenvalue weighted by molar-refractivity contribution is 5.82. The molecular weight excluding hydrogens is 190 g/mol. The molecule has 0 bridgehead atoms. The molecule has 0 amide bonds. The van der Waals surface area contributed by atoms with Gasteiger partial charge in [-0.15, -0.1) is 0 Å². The SMILES string of the molecule is CC(C)(C)OC(=O)/C=C/C1CCCNC1. The van der Waals surface area contributed by atoms with E-state index in [1.54, 1.807) is 6.08 Å². The van der Waals surface area contributed by atoms with Gasteiger partial charge in [-0.05, 0) is 46.1 Å². The lowest BCUT2D eigenvalue weighted by molar-refractivity contribution is -0.148. The predicted octanol–water partition coefficient (Wildman–Crippen LogP) is 1.88. The third-order valence-electron chi connectivity index (χ3n) is 2.25. The number of piperidine rings is 1. The molecule has 0 spiro atoms. The van der Waals surface area contributed by atoms with Crippen LogP contribution in [0, 0.1) is 5.92 Å². The van der Waals surface area contributed by atoms with Crippen molar-refractivity contribution >= 4 is 5.97 Å². The Bertz CT molecular complexity index is 234. The van der Waals surface area contributed by atoms with Crippen LogP contribution in [0.4, 0.5) is 0 Å². The van der Waals surface area contributed by atoms with Crippen molar-refractivity contribution in [1.82, 2.24) is 5.32 Å². The molecule has 0 aliphatic carbocycles. The van der Waals surface area contributed by atoms with Crippen LogP contribution in [0.2, 0.25) is 0 Å². The Kier molecular flexibility index (Phi) is 4.33. The molecule has 1 N–H and O–H groups in total. The van der Waals surface area contributed by atoms with Crippen LogP contribution in [0.25, 0.3) is 0 Å². The van der Waals surface area contributed by atoms with Crippen LogP contribution in [0.5, 0.6) is 0 Å². The zero-order valence-corrected chi connectivity index (χ0v) is 9.88. The summed E-state index contributed by atoms with van der Waals surface area (Å²) in [5.74, 6) is 0.236. The van der Waals surface area contributed by atoms with Crippen molar-refractivity contribution in [1.29, 1.82) is 0 Å². The number of ether oxygens (including phenoxy) is 1. The summed E-state index contributed by atoms with van der Waals surface area (Å²) >= 11 is 0. The first-order chi connectivity index (χ1) is 6.97. The summed E-state index contributed by atoms with van der Waals surface area (Å²) in [4.78, 5) is 11.4. The summed E-state index contributed by atoms with van der Waals surface area (Å²) in [6, 6.07) is 0. The van der Waals surface area contributed by atoms with Crippen molar-refractivity contribution < 1.29 is 9.53 Å². The Balaban J connectivity index is 2.33. The normalized spacial score (nSPS) is 23.0. The lowest BCUT2D eigenvalue weighted by Crippen LogP contribution is -2.29. The fourth-order valence-electron chi connectivity index (χ4n) is 1.59. The predicted molar refractivity (Wildman–Crippen MR) is 60.6 cm³/mol. The van der Waals surface area contributed by atoms with Gasteiger partial charge in [0.1, 0.15) is 5.60 Å². The Labute approximate surface area is 91.9 Å². The number of nitrogens with one attached hydrogen (secondary N) is 1. The summed E-state index contributed by atoms with van der Waals surface area (Å²) in [7, 11) is 0. The summed E-state index contributed by atoms with van der Waals surface area (Å²) in [6.45, 7) is 7.69. The molecule has 0 radical (unpaired) electrons. The standard InChI is InChI=1S/C12H21NO2/c1-12(2,3)15-11(14)7-6-10-5-4-8-13-9-10/h6-7,10,13H,4-5,8-9H2,1-3H3/b7-6+. The third kappa shape index (κ3) is 5.57. The molecule has 86 valence electrons. The Hall–Kier alpha value is -0.830. The molecule has 0 aromatic carbocycles. The molecule has 1 rings (SSSR count). The van der Waals surface area contributed by atoms with E-state index in [1.807, 2.05) is 26.8 Å². The molecule has 1 fully saturated rings. The first kappa shape index (κ1) is 12.2. The van der Waals surface area contributed by atoms with Crippen molar-refractivity contribution in [3.8, 4) is 0 Å². The van der Waals surface area contributed by atoms with E-state index in [2.05, 4.69) is 5.32 Å². The van der Waals surface area contributed by atoms with E-state index in [-0.39, 0.29) is 5.97 Å². The fourth-order valence-corrected chi connectivity index (χ4v) is 1.59. The Morgan fingerprint density at radius 1 is 1.47 bits per heavy atom. The highest BCUT2D eigenvalue weighted by Crippen LogP contribution is 2.12. The molecule has 3 heteroatoms. The quantitative estimate of drug-likeness (QED) is 0.560. The molecule has 3 nitrogen and oxygen atoms in total. The lowest BCUT2D eigenvalue weighted by atomic mass is 9.99. The molecular formula is C12H21NO2. The summed E-state index contributed by atoms with van der Waals surface area (Å²) in [5.41, 5.74) is -0.397. The zero-order chi connectivity index (χ0) is 11.3. The molecule has 0 saturated carbocycles. The molecule has 1 heterocycles. The zero-order valence-electron chi connectivity index (χ0n) is 9.88. The molecule has 1 aliphatic heterocycles. The average molecular weight is 211 g/mol. The van der Waals surface area contributed by atoms with Crippen molar-refractivity contribution in [3.63, 3.8) is 0 Å². The van der Waals surface area contributed by atoms with Crippen LogP contribution in [0.15, 0.2) is 12.2 Å². The minimum absolute atomic E-state index is 0.243. The van der Waals surface area contributed by atoms with Gasteiger partial charge in [0.15, 0.2) is 0 Å². The molecule has 1 aliphatic rings. The summed E-state index contributed by atoms with van der Waals surface area (Å²) in [5, 5.41) is 3.30. The van der Waals surface area contributed by atoms with Crippen molar-refractivity contribution in [2.45, 2.75) is 39.2 Å². The number of rotatable bonds is 2. The van der Waals surface area contributed by atoms with Crippen LogP contribution >= 0.6 is 0 Å². The second-order valence-corrected chi connectivity index (χ2v) is 5.00. The van der Waals surface area contributed by atoms with E-state index in [1.165, 1.54) is 6.42 Å². The number of hydrogen-bond donors (Lipinski definition) is 1. The van der Waals surface area contributed by atoms with Crippen LogP contribution < -0.4 is 5.32 Å². The first-order valence-electron chi connectivity index (χ1n) is 5.59. The minimum atomic E-state index is -0.397. The van der Waals surface area contributed by atoms with Gasteiger partial charge in [-0.25, -0.2) is 4.79 Å². The van der Waals surface area contributed by atoms with Gasteiger partial charge in [-0.1, -0.05) is 6.08 Å². The second-order valence-electron chi connectivity index (χ2n) is 5.00. The highest BCUT2D eigenvalue weighted by Gasteiger charge is 2.15. The van der Waals surface area contributed by atoms with Crippen LogP contribution in [-0.2, 0) is 9.53 Å². The van der Waals surface area contributed by atoms with Crippen molar-refractivity contribution in [2.24, 2.45) is 5.92 Å². The maximum absolute atomic E-state index is 11.4. The largest absolute Gasteiger partial charge is 0.457 e.